The van der Waals surface area contributed by atoms with Gasteiger partial charge in [0, 0.05) is 18.4 Å². The zero-order valence-electron chi connectivity index (χ0n) is 16.8. The van der Waals surface area contributed by atoms with Crippen molar-refractivity contribution in [2.24, 2.45) is 5.92 Å². The van der Waals surface area contributed by atoms with Gasteiger partial charge in [-0.2, -0.15) is 0 Å². The molecule has 0 spiro atoms. The predicted molar refractivity (Wildman–Crippen MR) is 108 cm³/mol. The lowest BCUT2D eigenvalue weighted by atomic mass is 9.93. The molecule has 0 aromatic heterocycles. The smallest absolute Gasteiger partial charge is 0.303 e. The Morgan fingerprint density at radius 3 is 2.57 bits per heavy atom. The van der Waals surface area contributed by atoms with Gasteiger partial charge in [0.2, 0.25) is 0 Å². The zero-order valence-corrected chi connectivity index (χ0v) is 16.8. The molecule has 0 saturated heterocycles. The summed E-state index contributed by atoms with van der Waals surface area (Å²) < 4.78 is 10.7. The lowest BCUT2D eigenvalue weighted by Gasteiger charge is -2.15. The van der Waals surface area contributed by atoms with Crippen LogP contribution in [-0.4, -0.2) is 41.8 Å². The summed E-state index contributed by atoms with van der Waals surface area (Å²) in [5, 5.41) is 18.7. The second kappa shape index (κ2) is 13.8. The molecule has 0 bridgehead atoms. The van der Waals surface area contributed by atoms with E-state index in [0.29, 0.717) is 43.6 Å². The fraction of sp³-hybridized carbons (Fsp3) is 0.545. The molecule has 0 heterocycles. The maximum Gasteiger partial charge on any atom is 0.303 e. The Bertz CT molecular complexity index is 625. The number of aliphatic hydroxyl groups is 1. The van der Waals surface area contributed by atoms with Crippen molar-refractivity contribution >= 4 is 11.8 Å². The van der Waals surface area contributed by atoms with Crippen LogP contribution in [0.1, 0.15) is 51.9 Å². The van der Waals surface area contributed by atoms with Crippen molar-refractivity contribution in [2.75, 3.05) is 13.7 Å². The number of Topliss-reactive ketones (excluding diaryl/α,β-unsaturated/α-hetero) is 1. The summed E-state index contributed by atoms with van der Waals surface area (Å²) in [6, 6.07) is 7.23. The quantitative estimate of drug-likeness (QED) is 0.346. The van der Waals surface area contributed by atoms with Crippen molar-refractivity contribution in [1.29, 1.82) is 0 Å². The van der Waals surface area contributed by atoms with Crippen molar-refractivity contribution in [1.82, 2.24) is 0 Å². The van der Waals surface area contributed by atoms with Gasteiger partial charge in [0.15, 0.2) is 0 Å². The third-order valence-electron chi connectivity index (χ3n) is 4.50. The van der Waals surface area contributed by atoms with Gasteiger partial charge >= 0.3 is 5.97 Å². The van der Waals surface area contributed by atoms with Crippen molar-refractivity contribution in [3.63, 3.8) is 0 Å². The van der Waals surface area contributed by atoms with Gasteiger partial charge in [-0.15, -0.1) is 0 Å². The van der Waals surface area contributed by atoms with Crippen LogP contribution in [-0.2, 0) is 9.59 Å². The van der Waals surface area contributed by atoms with Crippen LogP contribution in [0.4, 0.5) is 0 Å². The first-order valence-electron chi connectivity index (χ1n) is 9.74. The third-order valence-corrected chi connectivity index (χ3v) is 4.50. The Morgan fingerprint density at radius 1 is 1.14 bits per heavy atom. The molecule has 2 N–H and O–H groups in total. The summed E-state index contributed by atoms with van der Waals surface area (Å²) in [5.74, 6) is 0.629. The summed E-state index contributed by atoms with van der Waals surface area (Å²) in [4.78, 5) is 22.2. The van der Waals surface area contributed by atoms with Gasteiger partial charge in [0.05, 0.1) is 13.2 Å². The number of carbonyl (C=O) groups excluding carboxylic acids is 1. The molecule has 0 amide bonds. The van der Waals surface area contributed by atoms with E-state index in [1.54, 1.807) is 20.1 Å². The third kappa shape index (κ3) is 10.7. The zero-order chi connectivity index (χ0) is 20.8. The molecule has 0 saturated carbocycles. The van der Waals surface area contributed by atoms with E-state index in [0.717, 1.165) is 6.42 Å². The molecule has 0 aliphatic carbocycles. The molecule has 6 heteroatoms. The molecular formula is C22H32O6. The number of hydrogen-bond acceptors (Lipinski definition) is 5. The second-order valence-electron chi connectivity index (χ2n) is 6.88. The fourth-order valence-electron chi connectivity index (χ4n) is 2.80. The van der Waals surface area contributed by atoms with E-state index in [4.69, 9.17) is 14.6 Å². The lowest BCUT2D eigenvalue weighted by Crippen LogP contribution is -2.18. The maximum atomic E-state index is 11.8. The molecule has 0 fully saturated rings. The molecular weight excluding hydrogens is 360 g/mol. The molecule has 0 radical (unpaired) electrons. The minimum Gasteiger partial charge on any atom is -0.497 e. The number of aliphatic hydroxyl groups excluding tert-OH is 1. The Morgan fingerprint density at radius 2 is 1.89 bits per heavy atom. The molecule has 28 heavy (non-hydrogen) atoms. The SMILES string of the molecule is COc1cccc(OCC(O)CCCC(CC=CCCCC(=O)O)C(C)=O)c1. The number of methoxy groups -OCH3 is 1. The van der Waals surface area contributed by atoms with Gasteiger partial charge in [-0.1, -0.05) is 24.6 Å². The highest BCUT2D eigenvalue weighted by Gasteiger charge is 2.14. The summed E-state index contributed by atoms with van der Waals surface area (Å²) in [7, 11) is 1.59. The molecule has 1 aromatic rings. The highest BCUT2D eigenvalue weighted by molar-refractivity contribution is 5.78. The largest absolute Gasteiger partial charge is 0.497 e. The van der Waals surface area contributed by atoms with Gasteiger partial charge in [0.25, 0.3) is 0 Å². The van der Waals surface area contributed by atoms with Crippen molar-refractivity contribution in [2.45, 2.75) is 58.0 Å². The van der Waals surface area contributed by atoms with Gasteiger partial charge in [-0.05, 0) is 51.2 Å². The van der Waals surface area contributed by atoms with E-state index in [1.165, 1.54) is 0 Å². The number of rotatable bonds is 15. The Kier molecular flexibility index (Phi) is 11.7. The summed E-state index contributed by atoms with van der Waals surface area (Å²) in [5.41, 5.74) is 0. The Labute approximate surface area is 167 Å². The Hall–Kier alpha value is -2.34. The van der Waals surface area contributed by atoms with Gasteiger partial charge in [0.1, 0.15) is 23.9 Å². The van der Waals surface area contributed by atoms with Gasteiger partial charge in [-0.3, -0.25) is 9.59 Å². The van der Waals surface area contributed by atoms with E-state index in [9.17, 15) is 14.7 Å². The summed E-state index contributed by atoms with van der Waals surface area (Å²) in [6.45, 7) is 1.78. The standard InChI is InChI=1S/C22H32O6/c1-17(23)18(9-5-3-4-6-14-22(25)26)10-7-11-19(24)16-28-21-13-8-12-20(15-21)27-2/h3,5,8,12-13,15,18-19,24H,4,6-7,9-11,14,16H2,1-2H3,(H,25,26). The molecule has 1 rings (SSSR count). The molecule has 2 unspecified atom stereocenters. The van der Waals surface area contributed by atoms with Crippen LogP contribution < -0.4 is 9.47 Å². The van der Waals surface area contributed by atoms with Gasteiger partial charge in [-0.25, -0.2) is 0 Å². The Balaban J connectivity index is 2.26. The predicted octanol–water partition coefficient (Wildman–Crippen LogP) is 4.01. The van der Waals surface area contributed by atoms with Crippen LogP contribution in [0.15, 0.2) is 36.4 Å². The van der Waals surface area contributed by atoms with Crippen molar-refractivity contribution < 1.29 is 29.3 Å². The van der Waals surface area contributed by atoms with E-state index >= 15 is 0 Å². The van der Waals surface area contributed by atoms with Crippen LogP contribution in [0.5, 0.6) is 11.5 Å². The number of allylic oxidation sites excluding steroid dienone is 2. The molecule has 0 aliphatic rings. The molecule has 2 atom stereocenters. The van der Waals surface area contributed by atoms with Crippen LogP contribution in [0, 0.1) is 5.92 Å². The number of ketones is 1. The highest BCUT2D eigenvalue weighted by atomic mass is 16.5. The fourth-order valence-corrected chi connectivity index (χ4v) is 2.80. The van der Waals surface area contributed by atoms with Crippen LogP contribution in [0.2, 0.25) is 0 Å². The topological polar surface area (TPSA) is 93.1 Å². The number of aliphatic carboxylic acids is 1. The minimum atomic E-state index is -0.788. The first-order valence-corrected chi connectivity index (χ1v) is 9.74. The second-order valence-corrected chi connectivity index (χ2v) is 6.88. The molecule has 1 aromatic carbocycles. The highest BCUT2D eigenvalue weighted by Crippen LogP contribution is 2.20. The van der Waals surface area contributed by atoms with Crippen molar-refractivity contribution in [3.8, 4) is 11.5 Å². The summed E-state index contributed by atoms with van der Waals surface area (Å²) >= 11 is 0. The minimum absolute atomic E-state index is 0.0674. The average Bonchev–Trinajstić information content (AvgIpc) is 2.67. The van der Waals surface area contributed by atoms with E-state index < -0.39 is 12.1 Å². The van der Waals surface area contributed by atoms with Crippen LogP contribution in [0.25, 0.3) is 0 Å². The first-order chi connectivity index (χ1) is 13.4. The van der Waals surface area contributed by atoms with E-state index in [1.807, 2.05) is 30.4 Å². The first kappa shape index (κ1) is 23.7. The van der Waals surface area contributed by atoms with E-state index in [-0.39, 0.29) is 24.7 Å². The van der Waals surface area contributed by atoms with Crippen LogP contribution in [0.3, 0.4) is 0 Å². The lowest BCUT2D eigenvalue weighted by molar-refractivity contribution is -0.137. The number of unbranched alkanes of at least 4 members (excludes halogenated alkanes) is 1. The van der Waals surface area contributed by atoms with Crippen molar-refractivity contribution in [3.05, 3.63) is 36.4 Å². The number of hydrogen-bond donors (Lipinski definition) is 2. The monoisotopic (exact) mass is 392 g/mol. The number of carboxylic acid groups (broad SMARTS) is 1. The van der Waals surface area contributed by atoms with Gasteiger partial charge < -0.3 is 19.7 Å². The number of carbonyl (C=O) groups is 2. The number of carboxylic acids is 1. The molecule has 6 nitrogen and oxygen atoms in total. The van der Waals surface area contributed by atoms with E-state index in [2.05, 4.69) is 0 Å². The maximum absolute atomic E-state index is 11.8. The normalized spacial score (nSPS) is 13.2. The molecule has 0 aliphatic heterocycles. The average molecular weight is 392 g/mol. The van der Waals surface area contributed by atoms with Crippen LogP contribution >= 0.6 is 0 Å². The number of ether oxygens (including phenoxy) is 2. The molecule has 156 valence electrons. The number of benzene rings is 1. The summed E-state index contributed by atoms with van der Waals surface area (Å²) in [6.07, 6.45) is 7.44.